The summed E-state index contributed by atoms with van der Waals surface area (Å²) in [6.45, 7) is 3.20. The molecule has 4 aromatic carbocycles. The maximum absolute atomic E-state index is 15.4. The van der Waals surface area contributed by atoms with E-state index in [0.717, 1.165) is 5.01 Å². The molecule has 12 heteroatoms. The van der Waals surface area contributed by atoms with Crippen LogP contribution in [0.5, 0.6) is 11.5 Å². The van der Waals surface area contributed by atoms with Gasteiger partial charge in [-0.15, -0.1) is 0 Å². The van der Waals surface area contributed by atoms with Gasteiger partial charge in [-0.2, -0.15) is 5.01 Å². The molecule has 2 N–H and O–H groups in total. The number of rotatable bonds is 7. The van der Waals surface area contributed by atoms with Gasteiger partial charge in [0.15, 0.2) is 5.78 Å². The lowest BCUT2D eigenvalue weighted by atomic mass is 9.49. The van der Waals surface area contributed by atoms with E-state index in [2.05, 4.69) is 5.43 Å². The number of phenols is 1. The third kappa shape index (κ3) is 5.18. The number of amides is 4. The fourth-order valence-electron chi connectivity index (χ4n) is 9.20. The van der Waals surface area contributed by atoms with Crippen LogP contribution in [0.2, 0.25) is 10.0 Å². The molecule has 0 spiro atoms. The van der Waals surface area contributed by atoms with Crippen molar-refractivity contribution in [2.45, 2.75) is 38.0 Å². The van der Waals surface area contributed by atoms with E-state index in [0.29, 0.717) is 44.3 Å². The fraction of sp³-hybridized carbons (Fsp3) is 0.262. The van der Waals surface area contributed by atoms with Crippen LogP contribution in [0.25, 0.3) is 0 Å². The molecule has 2 aliphatic carbocycles. The second-order valence-corrected chi connectivity index (χ2v) is 15.2. The van der Waals surface area contributed by atoms with Gasteiger partial charge >= 0.3 is 0 Å². The average molecular weight is 765 g/mol. The number of ether oxygens (including phenoxy) is 1. The molecule has 8 rings (SSSR count). The minimum Gasteiger partial charge on any atom is -0.507 e. The number of para-hydroxylation sites is 1. The van der Waals surface area contributed by atoms with Gasteiger partial charge in [0.2, 0.25) is 11.8 Å². The van der Waals surface area contributed by atoms with E-state index in [1.807, 2.05) is 6.08 Å². The number of carbonyl (C=O) groups is 5. The van der Waals surface area contributed by atoms with Crippen molar-refractivity contribution in [2.75, 3.05) is 17.4 Å². The highest BCUT2D eigenvalue weighted by Crippen LogP contribution is 2.65. The lowest BCUT2D eigenvalue weighted by Crippen LogP contribution is -2.53. The molecule has 0 radical (unpaired) electrons. The number of nitrogens with one attached hydrogen (secondary N) is 1. The third-order valence-electron chi connectivity index (χ3n) is 11.7. The minimum absolute atomic E-state index is 0.0359. The van der Waals surface area contributed by atoms with E-state index in [1.165, 1.54) is 25.0 Å². The zero-order valence-corrected chi connectivity index (χ0v) is 31.0. The number of hydrogen-bond donors (Lipinski definition) is 2. The summed E-state index contributed by atoms with van der Waals surface area (Å²) < 4.78 is 5.46. The largest absolute Gasteiger partial charge is 0.507 e. The first-order chi connectivity index (χ1) is 25.9. The molecular weight excluding hydrogens is 729 g/mol. The number of anilines is 2. The maximum Gasteiger partial charge on any atom is 0.260 e. The van der Waals surface area contributed by atoms with E-state index in [4.69, 9.17) is 27.9 Å². The van der Waals surface area contributed by atoms with Crippen molar-refractivity contribution in [2.24, 2.45) is 23.7 Å². The predicted molar refractivity (Wildman–Crippen MR) is 202 cm³/mol. The number of ketones is 1. The molecule has 4 amide bonds. The van der Waals surface area contributed by atoms with Gasteiger partial charge in [-0.05, 0) is 98.3 Å². The number of hydrogen-bond acceptors (Lipinski definition) is 8. The Hall–Kier alpha value is -5.45. The highest BCUT2D eigenvalue weighted by atomic mass is 35.5. The van der Waals surface area contributed by atoms with Crippen molar-refractivity contribution in [3.05, 3.63) is 129 Å². The molecule has 2 aliphatic heterocycles. The Kier molecular flexibility index (Phi) is 8.66. The molecule has 3 fully saturated rings. The number of allylic oxidation sites excluding steroid dienone is 2. The lowest BCUT2D eigenvalue weighted by Gasteiger charge is -2.50. The Bertz CT molecular complexity index is 2310. The zero-order chi connectivity index (χ0) is 38.2. The van der Waals surface area contributed by atoms with Crippen LogP contribution in [0.1, 0.15) is 52.7 Å². The molecule has 274 valence electrons. The van der Waals surface area contributed by atoms with Crippen molar-refractivity contribution in [3.8, 4) is 11.5 Å². The molecule has 2 saturated heterocycles. The molecule has 6 unspecified atom stereocenters. The molecule has 10 nitrogen and oxygen atoms in total. The van der Waals surface area contributed by atoms with Crippen LogP contribution in [0.3, 0.4) is 0 Å². The number of fused-ring (bicyclic) bond motifs is 4. The summed E-state index contributed by atoms with van der Waals surface area (Å²) >= 11 is 12.7. The van der Waals surface area contributed by atoms with Crippen LogP contribution in [0.15, 0.2) is 96.6 Å². The number of phenolic OH excluding ortho intramolecular Hbond substituents is 1. The smallest absolute Gasteiger partial charge is 0.260 e. The van der Waals surface area contributed by atoms with Gasteiger partial charge in [-0.1, -0.05) is 65.2 Å². The molecule has 4 aromatic rings. The molecule has 6 atom stereocenters. The van der Waals surface area contributed by atoms with Gasteiger partial charge in [0.1, 0.15) is 11.5 Å². The summed E-state index contributed by atoms with van der Waals surface area (Å²) in [5.74, 6) is -5.71. The van der Waals surface area contributed by atoms with Crippen LogP contribution >= 0.6 is 23.2 Å². The van der Waals surface area contributed by atoms with Crippen molar-refractivity contribution in [1.29, 1.82) is 0 Å². The lowest BCUT2D eigenvalue weighted by molar-refractivity contribution is -0.138. The van der Waals surface area contributed by atoms with E-state index < -0.39 is 52.7 Å². The summed E-state index contributed by atoms with van der Waals surface area (Å²) in [6.07, 6.45) is 2.20. The van der Waals surface area contributed by atoms with Gasteiger partial charge in [-0.25, -0.2) is 0 Å². The first-order valence-electron chi connectivity index (χ1n) is 17.6. The molecule has 54 heavy (non-hydrogen) atoms. The number of benzene rings is 4. The Morgan fingerprint density at radius 3 is 2.30 bits per heavy atom. The monoisotopic (exact) mass is 763 g/mol. The van der Waals surface area contributed by atoms with Gasteiger partial charge in [-0.3, -0.25) is 34.3 Å². The van der Waals surface area contributed by atoms with Crippen LogP contribution in [0, 0.1) is 30.6 Å². The van der Waals surface area contributed by atoms with Gasteiger partial charge in [0.25, 0.3) is 11.8 Å². The van der Waals surface area contributed by atoms with E-state index in [9.17, 15) is 24.3 Å². The fourth-order valence-corrected chi connectivity index (χ4v) is 9.65. The molecule has 0 bridgehead atoms. The number of Topliss-reactive ketones (excluding diaryl/α,β-unsaturated/α-hetero) is 1. The summed E-state index contributed by atoms with van der Waals surface area (Å²) in [7, 11) is 1.53. The quantitative estimate of drug-likeness (QED) is 0.113. The number of hydrazine groups is 1. The van der Waals surface area contributed by atoms with E-state index in [1.54, 1.807) is 85.8 Å². The SMILES string of the molecule is COc1ccc(C23C(=O)N(Nc4ccc(Cl)cc4Cl)C(=O)C2CC2C(=CCC4C(=O)N(c5ccc(C(C)=O)cc5)C(=O)C42)C3c2cccc(C)c2O)cc1. The van der Waals surface area contributed by atoms with Crippen molar-refractivity contribution in [3.63, 3.8) is 0 Å². The van der Waals surface area contributed by atoms with E-state index in [-0.39, 0.29) is 41.0 Å². The van der Waals surface area contributed by atoms with Gasteiger partial charge in [0, 0.05) is 22.1 Å². The normalized spacial score (nSPS) is 25.9. The first kappa shape index (κ1) is 35.6. The number of carbonyl (C=O) groups excluding carboxylic acids is 5. The number of nitrogens with zero attached hydrogens (tertiary/aromatic N) is 2. The second kappa shape index (κ2) is 13.1. The maximum atomic E-state index is 15.4. The molecular formula is C42H35Cl2N3O7. The third-order valence-corrected chi connectivity index (χ3v) is 12.2. The summed E-state index contributed by atoms with van der Waals surface area (Å²) in [4.78, 5) is 72.1. The number of halogens is 2. The molecule has 1 saturated carbocycles. The number of aromatic hydroxyl groups is 1. The van der Waals surface area contributed by atoms with Crippen molar-refractivity contribution < 1.29 is 33.8 Å². The van der Waals surface area contributed by atoms with Crippen LogP contribution < -0.4 is 15.1 Å². The number of methoxy groups -OCH3 is 1. The van der Waals surface area contributed by atoms with Crippen molar-refractivity contribution in [1.82, 2.24) is 5.01 Å². The summed E-state index contributed by atoms with van der Waals surface area (Å²) in [6, 6.07) is 23.3. The number of aryl methyl sites for hydroxylation is 1. The predicted octanol–water partition coefficient (Wildman–Crippen LogP) is 7.41. The summed E-state index contributed by atoms with van der Waals surface area (Å²) in [5, 5.41) is 13.3. The van der Waals surface area contributed by atoms with E-state index >= 15 is 4.79 Å². The highest BCUT2D eigenvalue weighted by Gasteiger charge is 2.70. The molecule has 0 aromatic heterocycles. The van der Waals surface area contributed by atoms with Gasteiger partial charge < -0.3 is 9.84 Å². The zero-order valence-electron chi connectivity index (χ0n) is 29.5. The standard InChI is InChI=1S/C42H35Cl2N3O7/c1-21-5-4-6-30(37(21)49)36-28-16-17-29-35(40(52)46(38(29)50)26-12-7-23(8-13-26)22(2)48)31(28)20-32-39(51)47(45-34-18-11-25(43)19-33(34)44)41(53)42(32,36)24-9-14-27(54-3)15-10-24/h4-16,18-19,29,31-32,35-36,45,49H,17,20H2,1-3H3. The topological polar surface area (TPSA) is 133 Å². The minimum atomic E-state index is -1.61. The Morgan fingerprint density at radius 1 is 0.907 bits per heavy atom. The highest BCUT2D eigenvalue weighted by molar-refractivity contribution is 6.36. The number of imide groups is 2. The van der Waals surface area contributed by atoms with Crippen LogP contribution in [0.4, 0.5) is 11.4 Å². The van der Waals surface area contributed by atoms with Crippen LogP contribution in [-0.4, -0.2) is 46.6 Å². The Morgan fingerprint density at radius 2 is 1.63 bits per heavy atom. The second-order valence-electron chi connectivity index (χ2n) is 14.3. The first-order valence-corrected chi connectivity index (χ1v) is 18.4. The van der Waals surface area contributed by atoms with Crippen molar-refractivity contribution >= 4 is 64.0 Å². The molecule has 4 aliphatic rings. The van der Waals surface area contributed by atoms with Crippen LogP contribution in [-0.2, 0) is 24.6 Å². The Balaban J connectivity index is 1.32. The summed E-state index contributed by atoms with van der Waals surface area (Å²) in [5.41, 5.74) is 4.66. The Labute approximate surface area is 321 Å². The molecule has 2 heterocycles. The van der Waals surface area contributed by atoms with Gasteiger partial charge in [0.05, 0.1) is 46.7 Å². The average Bonchev–Trinajstić information content (AvgIpc) is 3.54.